The third-order valence-electron chi connectivity index (χ3n) is 5.59. The highest BCUT2D eigenvalue weighted by Crippen LogP contribution is 2.35. The van der Waals surface area contributed by atoms with Gasteiger partial charge < -0.3 is 4.74 Å². The Morgan fingerprint density at radius 2 is 2.09 bits per heavy atom. The molecule has 1 atom stereocenters. The Bertz CT molecular complexity index is 1180. The summed E-state index contributed by atoms with van der Waals surface area (Å²) < 4.78 is 34.6. The molecular weight excluding hydrogens is 494 g/mol. The second kappa shape index (κ2) is 11.7. The summed E-state index contributed by atoms with van der Waals surface area (Å²) in [5.74, 6) is -0.856. The molecule has 1 saturated carbocycles. The van der Waals surface area contributed by atoms with Crippen molar-refractivity contribution in [2.45, 2.75) is 62.8 Å². The van der Waals surface area contributed by atoms with E-state index in [1.54, 1.807) is 17.6 Å². The van der Waals surface area contributed by atoms with E-state index in [1.165, 1.54) is 48.4 Å². The first-order valence-corrected chi connectivity index (χ1v) is 13.2. The van der Waals surface area contributed by atoms with Crippen molar-refractivity contribution in [1.29, 1.82) is 0 Å². The Labute approximate surface area is 210 Å². The van der Waals surface area contributed by atoms with Crippen molar-refractivity contribution in [2.75, 3.05) is 11.1 Å². The Balaban J connectivity index is 1.37. The molecule has 0 aliphatic heterocycles. The van der Waals surface area contributed by atoms with Gasteiger partial charge in [-0.05, 0) is 31.9 Å². The number of halogens is 2. The number of allylic oxidation sites excluding steroid dienone is 1. The third kappa shape index (κ3) is 6.43. The minimum absolute atomic E-state index is 0.0923. The molecule has 4 rings (SSSR count). The number of amides is 1. The van der Waals surface area contributed by atoms with E-state index < -0.39 is 17.7 Å². The molecular formula is C23H26F2N6O2S2. The normalized spacial score (nSPS) is 15.1. The quantitative estimate of drug-likeness (QED) is 0.278. The zero-order valence-electron chi connectivity index (χ0n) is 19.2. The van der Waals surface area contributed by atoms with E-state index in [-0.39, 0.29) is 17.4 Å². The van der Waals surface area contributed by atoms with Gasteiger partial charge in [-0.3, -0.25) is 14.7 Å². The maximum Gasteiger partial charge on any atom is 0.236 e. The number of nitrogens with one attached hydrogen (secondary N) is 1. The summed E-state index contributed by atoms with van der Waals surface area (Å²) in [6.07, 6.45) is 6.91. The molecule has 0 spiro atoms. The number of anilines is 1. The number of thioether (sulfide) groups is 1. The van der Waals surface area contributed by atoms with Crippen molar-refractivity contribution in [3.05, 3.63) is 53.3 Å². The van der Waals surface area contributed by atoms with Crippen molar-refractivity contribution in [2.24, 2.45) is 0 Å². The number of hydrogen-bond donors (Lipinski definition) is 1. The van der Waals surface area contributed by atoms with Crippen LogP contribution >= 0.6 is 23.1 Å². The van der Waals surface area contributed by atoms with Crippen LogP contribution in [0.1, 0.15) is 61.9 Å². The molecule has 1 amide bonds. The zero-order valence-corrected chi connectivity index (χ0v) is 20.9. The van der Waals surface area contributed by atoms with Crippen molar-refractivity contribution < 1.29 is 18.3 Å². The fourth-order valence-electron chi connectivity index (χ4n) is 3.91. The Hall–Kier alpha value is -2.86. The molecule has 1 N–H and O–H groups in total. The summed E-state index contributed by atoms with van der Waals surface area (Å²) in [5.41, 5.74) is 0. The second-order valence-corrected chi connectivity index (χ2v) is 10.1. The average Bonchev–Trinajstić information content (AvgIpc) is 3.47. The maximum atomic E-state index is 14.0. The molecule has 0 saturated heterocycles. The van der Waals surface area contributed by atoms with Gasteiger partial charge in [0.15, 0.2) is 28.7 Å². The molecule has 3 aromatic rings. The number of carbonyl (C=O) groups excluding carboxylic acids is 1. The molecule has 2 aromatic heterocycles. The predicted molar refractivity (Wildman–Crippen MR) is 131 cm³/mol. The summed E-state index contributed by atoms with van der Waals surface area (Å²) in [5, 5.41) is 21.5. The van der Waals surface area contributed by atoms with Crippen LogP contribution in [0.2, 0.25) is 0 Å². The molecule has 1 fully saturated rings. The summed E-state index contributed by atoms with van der Waals surface area (Å²) in [6.45, 7) is 5.81. The van der Waals surface area contributed by atoms with E-state index in [2.05, 4.69) is 32.3 Å². The van der Waals surface area contributed by atoms with Crippen LogP contribution in [0.3, 0.4) is 0 Å². The lowest BCUT2D eigenvalue weighted by molar-refractivity contribution is -0.113. The second-order valence-electron chi connectivity index (χ2n) is 8.19. The molecule has 186 valence electrons. The maximum absolute atomic E-state index is 14.0. The number of aromatic nitrogens is 5. The minimum Gasteiger partial charge on any atom is -0.480 e. The van der Waals surface area contributed by atoms with Gasteiger partial charge in [0.25, 0.3) is 0 Å². The number of rotatable bonds is 10. The van der Waals surface area contributed by atoms with Crippen molar-refractivity contribution in [3.63, 3.8) is 0 Å². The van der Waals surface area contributed by atoms with Gasteiger partial charge in [-0.15, -0.1) is 27.0 Å². The van der Waals surface area contributed by atoms with Crippen LogP contribution in [0.15, 0.2) is 36.0 Å². The minimum atomic E-state index is -0.804. The van der Waals surface area contributed by atoms with Crippen LogP contribution in [-0.2, 0) is 11.3 Å². The SMILES string of the molecule is C=CCn1c(SCC(=O)Nc2nnc(C3CCCCC3)s2)nnc1C(C)Oc1ccc(F)cc1F. The largest absolute Gasteiger partial charge is 0.480 e. The van der Waals surface area contributed by atoms with Crippen molar-refractivity contribution in [3.8, 4) is 5.75 Å². The van der Waals surface area contributed by atoms with Crippen molar-refractivity contribution >= 4 is 34.1 Å². The van der Waals surface area contributed by atoms with E-state index in [0.29, 0.717) is 28.6 Å². The van der Waals surface area contributed by atoms with E-state index in [9.17, 15) is 13.6 Å². The first-order valence-electron chi connectivity index (χ1n) is 11.4. The smallest absolute Gasteiger partial charge is 0.236 e. The van der Waals surface area contributed by atoms with E-state index in [0.717, 1.165) is 30.0 Å². The highest BCUT2D eigenvalue weighted by atomic mass is 32.2. The van der Waals surface area contributed by atoms with Crippen LogP contribution in [0, 0.1) is 11.6 Å². The first kappa shape index (κ1) is 25.2. The molecule has 1 aromatic carbocycles. The molecule has 12 heteroatoms. The Morgan fingerprint density at radius 1 is 1.29 bits per heavy atom. The van der Waals surface area contributed by atoms with Crippen molar-refractivity contribution in [1.82, 2.24) is 25.0 Å². The molecule has 1 aliphatic rings. The van der Waals surface area contributed by atoms with Crippen LogP contribution < -0.4 is 10.1 Å². The molecule has 35 heavy (non-hydrogen) atoms. The fourth-order valence-corrected chi connectivity index (χ4v) is 5.59. The zero-order chi connectivity index (χ0) is 24.8. The number of ether oxygens (including phenoxy) is 1. The monoisotopic (exact) mass is 520 g/mol. The molecule has 8 nitrogen and oxygen atoms in total. The average molecular weight is 521 g/mol. The summed E-state index contributed by atoms with van der Waals surface area (Å²) >= 11 is 2.64. The number of hydrogen-bond acceptors (Lipinski definition) is 8. The number of nitrogens with zero attached hydrogens (tertiary/aromatic N) is 5. The van der Waals surface area contributed by atoms with E-state index >= 15 is 0 Å². The highest BCUT2D eigenvalue weighted by Gasteiger charge is 2.22. The topological polar surface area (TPSA) is 94.8 Å². The standard InChI is InChI=1S/C23H26F2N6O2S2/c1-3-11-31-20(14(2)33-18-10-9-16(24)12-17(18)25)27-30-23(31)34-13-19(32)26-22-29-28-21(35-22)15-7-5-4-6-8-15/h3,9-10,12,14-15H,1,4-8,11,13H2,2H3,(H,26,29,32). The highest BCUT2D eigenvalue weighted by molar-refractivity contribution is 7.99. The van der Waals surface area contributed by atoms with Gasteiger partial charge in [-0.25, -0.2) is 8.78 Å². The van der Waals surface area contributed by atoms with Gasteiger partial charge in [0, 0.05) is 18.5 Å². The van der Waals surface area contributed by atoms with Gasteiger partial charge in [0.2, 0.25) is 11.0 Å². The van der Waals surface area contributed by atoms with Gasteiger partial charge in [-0.2, -0.15) is 0 Å². The number of benzene rings is 1. The van der Waals surface area contributed by atoms with Crippen LogP contribution in [0.25, 0.3) is 0 Å². The summed E-state index contributed by atoms with van der Waals surface area (Å²) in [6, 6.07) is 3.10. The Morgan fingerprint density at radius 3 is 2.83 bits per heavy atom. The van der Waals surface area contributed by atoms with E-state index in [4.69, 9.17) is 4.74 Å². The molecule has 0 bridgehead atoms. The lowest BCUT2D eigenvalue weighted by Crippen LogP contribution is -2.15. The molecule has 2 heterocycles. The van der Waals surface area contributed by atoms with Crippen LogP contribution in [-0.4, -0.2) is 36.6 Å². The third-order valence-corrected chi connectivity index (χ3v) is 7.56. The van der Waals surface area contributed by atoms with Gasteiger partial charge in [0.05, 0.1) is 5.75 Å². The van der Waals surface area contributed by atoms with Gasteiger partial charge in [-0.1, -0.05) is 48.4 Å². The van der Waals surface area contributed by atoms with Crippen LogP contribution in [0.4, 0.5) is 13.9 Å². The molecule has 1 aliphatic carbocycles. The van der Waals surface area contributed by atoms with Crippen LogP contribution in [0.5, 0.6) is 5.75 Å². The lowest BCUT2D eigenvalue weighted by atomic mass is 9.90. The van der Waals surface area contributed by atoms with E-state index in [1.807, 2.05) is 0 Å². The first-order chi connectivity index (χ1) is 16.9. The summed E-state index contributed by atoms with van der Waals surface area (Å²) in [7, 11) is 0. The molecule has 1 unspecified atom stereocenters. The van der Waals surface area contributed by atoms with Gasteiger partial charge >= 0.3 is 0 Å². The summed E-state index contributed by atoms with van der Waals surface area (Å²) in [4.78, 5) is 12.5. The van der Waals surface area contributed by atoms with Gasteiger partial charge in [0.1, 0.15) is 10.8 Å². The fraction of sp³-hybridized carbons (Fsp3) is 0.435. The predicted octanol–water partition coefficient (Wildman–Crippen LogP) is 5.51. The lowest BCUT2D eigenvalue weighted by Gasteiger charge is -2.18. The Kier molecular flexibility index (Phi) is 8.45. The molecule has 0 radical (unpaired) electrons. The number of carbonyl (C=O) groups is 1.